The summed E-state index contributed by atoms with van der Waals surface area (Å²) in [4.78, 5) is 11.1. The summed E-state index contributed by atoms with van der Waals surface area (Å²) in [5.74, 6) is -0.364. The molecular weight excluding hydrogens is 307 g/mol. The number of hydrogen-bond acceptors (Lipinski definition) is 3. The highest BCUT2D eigenvalue weighted by molar-refractivity contribution is 5.77. The molecule has 1 aliphatic heterocycles. The van der Waals surface area contributed by atoms with Gasteiger partial charge in [0, 0.05) is 13.0 Å². The van der Waals surface area contributed by atoms with Crippen LogP contribution in [0.25, 0.3) is 0 Å². The standard InChI is InChI=1S/C16H18F3N3O/c17-16(18,19)14(22-10-9-15(23)21-22)4-2-1-3-12-5-7-13(11-20)8-6-12/h5-8,14H,1-4,9-10H2,(H,21,23). The van der Waals surface area contributed by atoms with Crippen molar-refractivity contribution in [3.05, 3.63) is 35.4 Å². The molecule has 4 nitrogen and oxygen atoms in total. The summed E-state index contributed by atoms with van der Waals surface area (Å²) in [6, 6.07) is 7.44. The average Bonchev–Trinajstić information content (AvgIpc) is 2.92. The molecular formula is C16H18F3N3O. The fourth-order valence-corrected chi connectivity index (χ4v) is 2.64. The number of hydrogen-bond donors (Lipinski definition) is 1. The molecule has 1 amide bonds. The lowest BCUT2D eigenvalue weighted by atomic mass is 10.0. The van der Waals surface area contributed by atoms with Gasteiger partial charge >= 0.3 is 6.18 Å². The van der Waals surface area contributed by atoms with E-state index in [1.165, 1.54) is 0 Å². The molecule has 0 saturated carbocycles. The zero-order valence-electron chi connectivity index (χ0n) is 12.6. The summed E-state index contributed by atoms with van der Waals surface area (Å²) in [6.07, 6.45) is -2.58. The molecule has 0 aliphatic carbocycles. The van der Waals surface area contributed by atoms with Crippen molar-refractivity contribution >= 4 is 5.91 Å². The predicted molar refractivity (Wildman–Crippen MR) is 78.0 cm³/mol. The van der Waals surface area contributed by atoms with Crippen molar-refractivity contribution in [1.82, 2.24) is 10.4 Å². The molecule has 1 unspecified atom stereocenters. The second kappa shape index (κ2) is 7.47. The number of carbonyl (C=O) groups is 1. The van der Waals surface area contributed by atoms with Gasteiger partial charge in [-0.05, 0) is 37.0 Å². The topological polar surface area (TPSA) is 56.1 Å². The van der Waals surface area contributed by atoms with Gasteiger partial charge in [-0.3, -0.25) is 10.2 Å². The molecule has 1 aliphatic rings. The minimum atomic E-state index is -4.36. The Labute approximate surface area is 132 Å². The Morgan fingerprint density at radius 2 is 1.96 bits per heavy atom. The minimum absolute atomic E-state index is 0.0416. The van der Waals surface area contributed by atoms with Gasteiger partial charge in [-0.2, -0.15) is 18.4 Å². The number of nitrogens with zero attached hydrogens (tertiary/aromatic N) is 2. The Morgan fingerprint density at radius 1 is 1.26 bits per heavy atom. The average molecular weight is 325 g/mol. The molecule has 1 aromatic rings. The van der Waals surface area contributed by atoms with Crippen molar-refractivity contribution in [2.24, 2.45) is 0 Å². The molecule has 0 radical (unpaired) electrons. The van der Waals surface area contributed by atoms with Crippen LogP contribution in [0.3, 0.4) is 0 Å². The zero-order chi connectivity index (χ0) is 16.9. The van der Waals surface area contributed by atoms with Gasteiger partial charge in [-0.1, -0.05) is 18.6 Å². The van der Waals surface area contributed by atoms with Crippen LogP contribution in [-0.4, -0.2) is 29.7 Å². The highest BCUT2D eigenvalue weighted by atomic mass is 19.4. The Morgan fingerprint density at radius 3 is 2.48 bits per heavy atom. The molecule has 1 aromatic carbocycles. The second-order valence-corrected chi connectivity index (χ2v) is 5.59. The molecule has 1 N–H and O–H groups in total. The van der Waals surface area contributed by atoms with Crippen LogP contribution in [0.15, 0.2) is 24.3 Å². The maximum Gasteiger partial charge on any atom is 0.405 e. The highest BCUT2D eigenvalue weighted by Gasteiger charge is 2.45. The van der Waals surface area contributed by atoms with Crippen LogP contribution >= 0.6 is 0 Å². The van der Waals surface area contributed by atoms with Crippen molar-refractivity contribution in [1.29, 1.82) is 5.26 Å². The number of unbranched alkanes of at least 4 members (excludes halogenated alkanes) is 1. The van der Waals surface area contributed by atoms with Crippen molar-refractivity contribution in [2.75, 3.05) is 6.54 Å². The molecule has 0 spiro atoms. The summed E-state index contributed by atoms with van der Waals surface area (Å²) >= 11 is 0. The first-order valence-corrected chi connectivity index (χ1v) is 7.52. The monoisotopic (exact) mass is 325 g/mol. The van der Waals surface area contributed by atoms with Gasteiger partial charge in [0.1, 0.15) is 6.04 Å². The van der Waals surface area contributed by atoms with Crippen LogP contribution in [-0.2, 0) is 11.2 Å². The molecule has 1 fully saturated rings. The van der Waals surface area contributed by atoms with Crippen molar-refractivity contribution < 1.29 is 18.0 Å². The number of rotatable bonds is 6. The van der Waals surface area contributed by atoms with E-state index in [1.807, 2.05) is 18.2 Å². The van der Waals surface area contributed by atoms with Crippen LogP contribution in [0.2, 0.25) is 0 Å². The van der Waals surface area contributed by atoms with Crippen molar-refractivity contribution in [3.8, 4) is 6.07 Å². The van der Waals surface area contributed by atoms with Crippen molar-refractivity contribution in [3.63, 3.8) is 0 Å². The molecule has 1 saturated heterocycles. The van der Waals surface area contributed by atoms with Gasteiger partial charge < -0.3 is 0 Å². The van der Waals surface area contributed by atoms with E-state index in [1.54, 1.807) is 12.1 Å². The number of nitrogens with one attached hydrogen (secondary N) is 1. The number of carbonyl (C=O) groups excluding carboxylic acids is 1. The number of alkyl halides is 3. The molecule has 1 heterocycles. The third kappa shape index (κ3) is 4.96. The Hall–Kier alpha value is -2.07. The maximum atomic E-state index is 13.1. The van der Waals surface area contributed by atoms with E-state index < -0.39 is 12.2 Å². The number of amides is 1. The van der Waals surface area contributed by atoms with Crippen LogP contribution in [0.4, 0.5) is 13.2 Å². The number of hydrazine groups is 1. The summed E-state index contributed by atoms with van der Waals surface area (Å²) in [5.41, 5.74) is 3.84. The fourth-order valence-electron chi connectivity index (χ4n) is 2.64. The predicted octanol–water partition coefficient (Wildman–Crippen LogP) is 2.94. The maximum absolute atomic E-state index is 13.1. The number of nitriles is 1. The van der Waals surface area contributed by atoms with Gasteiger partial charge in [0.05, 0.1) is 11.6 Å². The summed E-state index contributed by atoms with van der Waals surface area (Å²) < 4.78 is 39.3. The zero-order valence-corrected chi connectivity index (χ0v) is 12.6. The molecule has 7 heteroatoms. The Bertz CT molecular complexity index is 578. The normalized spacial score (nSPS) is 16.9. The largest absolute Gasteiger partial charge is 0.405 e. The molecule has 2 rings (SSSR count). The van der Waals surface area contributed by atoms with Crippen molar-refractivity contribution in [2.45, 2.75) is 44.3 Å². The van der Waals surface area contributed by atoms with Gasteiger partial charge in [-0.25, -0.2) is 5.01 Å². The first-order chi connectivity index (χ1) is 10.9. The number of aryl methyl sites for hydroxylation is 1. The number of halogens is 3. The third-order valence-corrected chi connectivity index (χ3v) is 3.88. The van der Waals surface area contributed by atoms with Crippen LogP contribution in [0, 0.1) is 11.3 Å². The van der Waals surface area contributed by atoms with Gasteiger partial charge in [0.15, 0.2) is 0 Å². The molecule has 1 atom stereocenters. The summed E-state index contributed by atoms with van der Waals surface area (Å²) in [5, 5.41) is 9.72. The van der Waals surface area contributed by atoms with E-state index in [-0.39, 0.29) is 25.3 Å². The quantitative estimate of drug-likeness (QED) is 0.818. The lowest BCUT2D eigenvalue weighted by Crippen LogP contribution is -2.49. The Balaban J connectivity index is 1.82. The fraction of sp³-hybridized carbons (Fsp3) is 0.500. The molecule has 124 valence electrons. The molecule has 0 bridgehead atoms. The van der Waals surface area contributed by atoms with Crippen LogP contribution in [0.1, 0.15) is 36.8 Å². The first kappa shape index (κ1) is 17.3. The third-order valence-electron chi connectivity index (χ3n) is 3.88. The number of benzene rings is 1. The smallest absolute Gasteiger partial charge is 0.288 e. The molecule has 0 aromatic heterocycles. The van der Waals surface area contributed by atoms with E-state index in [9.17, 15) is 18.0 Å². The van der Waals surface area contributed by atoms with E-state index in [0.29, 0.717) is 24.8 Å². The lowest BCUT2D eigenvalue weighted by Gasteiger charge is -2.28. The van der Waals surface area contributed by atoms with Gasteiger partial charge in [-0.15, -0.1) is 0 Å². The first-order valence-electron chi connectivity index (χ1n) is 7.52. The van der Waals surface area contributed by atoms with Gasteiger partial charge in [0.2, 0.25) is 5.91 Å². The van der Waals surface area contributed by atoms with Gasteiger partial charge in [0.25, 0.3) is 0 Å². The summed E-state index contributed by atoms with van der Waals surface area (Å²) in [7, 11) is 0. The van der Waals surface area contributed by atoms with E-state index in [0.717, 1.165) is 10.6 Å². The SMILES string of the molecule is N#Cc1ccc(CCCCC(N2CCC(=O)N2)C(F)(F)F)cc1. The van der Waals surface area contributed by atoms with E-state index in [2.05, 4.69) is 5.43 Å². The van der Waals surface area contributed by atoms with E-state index >= 15 is 0 Å². The highest BCUT2D eigenvalue weighted by Crippen LogP contribution is 2.29. The minimum Gasteiger partial charge on any atom is -0.288 e. The van der Waals surface area contributed by atoms with Crippen LogP contribution in [0.5, 0.6) is 0 Å². The Kier molecular flexibility index (Phi) is 5.61. The lowest BCUT2D eigenvalue weighted by molar-refractivity contribution is -0.190. The molecule has 23 heavy (non-hydrogen) atoms. The summed E-state index contributed by atoms with van der Waals surface area (Å²) in [6.45, 7) is 0.0959. The van der Waals surface area contributed by atoms with E-state index in [4.69, 9.17) is 5.26 Å². The second-order valence-electron chi connectivity index (χ2n) is 5.59. The van der Waals surface area contributed by atoms with Crippen LogP contribution < -0.4 is 5.43 Å².